The third kappa shape index (κ3) is 7.21. The number of halogens is 2. The fraction of sp³-hybridized carbons (Fsp3) is 0.611. The van der Waals surface area contributed by atoms with Gasteiger partial charge in [-0.1, -0.05) is 12.1 Å². The third-order valence-electron chi connectivity index (χ3n) is 4.26. The van der Waals surface area contributed by atoms with E-state index in [-0.39, 0.29) is 6.61 Å². The van der Waals surface area contributed by atoms with Crippen LogP contribution in [0.5, 0.6) is 0 Å². The van der Waals surface area contributed by atoms with Crippen LogP contribution < -0.4 is 15.1 Å². The number of carbonyl (C=O) groups excluding carboxylic acids is 1. The number of carbonyl (C=O) groups is 1. The number of nitrogens with one attached hydrogen (secondary N) is 2. The largest absolute Gasteiger partial charge is 0.465 e. The van der Waals surface area contributed by atoms with Crippen molar-refractivity contribution in [1.29, 1.82) is 0 Å². The minimum Gasteiger partial charge on any atom is -0.465 e. The maximum atomic E-state index is 12.7. The number of nitrogens with zero attached hydrogens (tertiary/aromatic N) is 1. The Morgan fingerprint density at radius 2 is 2.00 bits per heavy atom. The van der Waals surface area contributed by atoms with Gasteiger partial charge in [0.05, 0.1) is 13.2 Å². The Hall–Kier alpha value is -0.820. The maximum absolute atomic E-state index is 12.7. The van der Waals surface area contributed by atoms with Crippen molar-refractivity contribution in [2.24, 2.45) is 0 Å². The molecular formula is C18H28Cl2N3O4P. The van der Waals surface area contributed by atoms with Crippen LogP contribution in [-0.2, 0) is 25.0 Å². The highest BCUT2D eigenvalue weighted by Crippen LogP contribution is 2.40. The van der Waals surface area contributed by atoms with Gasteiger partial charge in [-0.2, -0.15) is 0 Å². The summed E-state index contributed by atoms with van der Waals surface area (Å²) in [7, 11) is -3.27. The average molecular weight is 452 g/mol. The highest BCUT2D eigenvalue weighted by atomic mass is 35.5. The quantitative estimate of drug-likeness (QED) is 0.303. The van der Waals surface area contributed by atoms with E-state index in [1.54, 1.807) is 6.92 Å². The standard InChI is InChI=1S/C18H28Cl2N3O4P/c1-2-26-18(24)17(22-28(25)21-10-3-13-27-28)14-15-4-6-16(7-5-15)23(11-8-19)12-9-20/h4-7,17H,2-3,8-14H2,1H3,(H2,21,22,25)/t17-,28-/m0/s1. The summed E-state index contributed by atoms with van der Waals surface area (Å²) in [6.07, 6.45) is 1.11. The lowest BCUT2D eigenvalue weighted by molar-refractivity contribution is -0.145. The molecule has 2 N–H and O–H groups in total. The zero-order chi connectivity index (χ0) is 20.4. The summed E-state index contributed by atoms with van der Waals surface area (Å²) in [4.78, 5) is 14.5. The molecule has 0 spiro atoms. The molecule has 0 amide bonds. The number of esters is 1. The molecule has 1 heterocycles. The Labute approximate surface area is 176 Å². The zero-order valence-corrected chi connectivity index (χ0v) is 18.4. The number of ether oxygens (including phenoxy) is 1. The van der Waals surface area contributed by atoms with Crippen molar-refractivity contribution < 1.29 is 18.6 Å². The first-order valence-electron chi connectivity index (χ1n) is 9.41. The van der Waals surface area contributed by atoms with Crippen molar-refractivity contribution in [3.8, 4) is 0 Å². The summed E-state index contributed by atoms with van der Waals surface area (Å²) in [6.45, 7) is 4.35. The van der Waals surface area contributed by atoms with Crippen molar-refractivity contribution in [3.63, 3.8) is 0 Å². The fourth-order valence-electron chi connectivity index (χ4n) is 2.90. The summed E-state index contributed by atoms with van der Waals surface area (Å²) in [5, 5.41) is 5.69. The van der Waals surface area contributed by atoms with Gasteiger partial charge < -0.3 is 14.2 Å². The second kappa shape index (κ2) is 12.0. The molecule has 0 radical (unpaired) electrons. The predicted molar refractivity (Wildman–Crippen MR) is 114 cm³/mol. The zero-order valence-electron chi connectivity index (χ0n) is 16.0. The molecule has 1 saturated heterocycles. The van der Waals surface area contributed by atoms with Crippen molar-refractivity contribution in [2.75, 3.05) is 49.5 Å². The Morgan fingerprint density at radius 1 is 1.32 bits per heavy atom. The van der Waals surface area contributed by atoms with Crippen LogP contribution >= 0.6 is 30.9 Å². The second-order valence-electron chi connectivity index (χ2n) is 6.32. The van der Waals surface area contributed by atoms with E-state index in [0.717, 1.165) is 17.7 Å². The SMILES string of the molecule is CCOC(=O)[C@H](Cc1ccc(N(CCCl)CCCl)cc1)N[P@]1(=O)NCCCO1. The van der Waals surface area contributed by atoms with E-state index in [1.807, 2.05) is 24.3 Å². The fourth-order valence-corrected chi connectivity index (χ4v) is 5.01. The van der Waals surface area contributed by atoms with E-state index < -0.39 is 19.7 Å². The molecule has 1 aromatic rings. The number of rotatable bonds is 11. The van der Waals surface area contributed by atoms with Crippen LogP contribution in [0.2, 0.25) is 0 Å². The van der Waals surface area contributed by atoms with E-state index in [1.165, 1.54) is 0 Å². The van der Waals surface area contributed by atoms with Gasteiger partial charge in [0, 0.05) is 37.1 Å². The molecule has 10 heteroatoms. The Morgan fingerprint density at radius 3 is 2.54 bits per heavy atom. The smallest absolute Gasteiger partial charge is 0.341 e. The van der Waals surface area contributed by atoms with Crippen molar-refractivity contribution in [2.45, 2.75) is 25.8 Å². The van der Waals surface area contributed by atoms with E-state index in [9.17, 15) is 9.36 Å². The first-order chi connectivity index (χ1) is 13.5. The van der Waals surface area contributed by atoms with Crippen molar-refractivity contribution >= 4 is 42.5 Å². The lowest BCUT2D eigenvalue weighted by Gasteiger charge is -2.28. The number of benzene rings is 1. The molecule has 0 aliphatic carbocycles. The topological polar surface area (TPSA) is 79.9 Å². The highest BCUT2D eigenvalue weighted by Gasteiger charge is 2.33. The molecule has 0 unspecified atom stereocenters. The van der Waals surface area contributed by atoms with Gasteiger partial charge in [-0.15, -0.1) is 23.2 Å². The van der Waals surface area contributed by atoms with Crippen LogP contribution in [0.15, 0.2) is 24.3 Å². The molecule has 7 nitrogen and oxygen atoms in total. The molecule has 1 aromatic carbocycles. The number of hydrogen-bond acceptors (Lipinski definition) is 5. The average Bonchev–Trinajstić information content (AvgIpc) is 2.68. The van der Waals surface area contributed by atoms with E-state index >= 15 is 0 Å². The molecule has 0 saturated carbocycles. The van der Waals surface area contributed by atoms with Gasteiger partial charge in [0.25, 0.3) is 0 Å². The second-order valence-corrected chi connectivity index (χ2v) is 9.01. The Balaban J connectivity index is 2.10. The van der Waals surface area contributed by atoms with Gasteiger partial charge in [0.1, 0.15) is 6.04 Å². The molecule has 1 fully saturated rings. The van der Waals surface area contributed by atoms with Crippen LogP contribution in [0.1, 0.15) is 18.9 Å². The van der Waals surface area contributed by atoms with Crippen LogP contribution in [-0.4, -0.2) is 56.6 Å². The number of anilines is 1. The predicted octanol–water partition coefficient (Wildman–Crippen LogP) is 3.15. The Bertz CT molecular complexity index is 647. The van der Waals surface area contributed by atoms with E-state index in [2.05, 4.69) is 15.1 Å². The lowest BCUT2D eigenvalue weighted by atomic mass is 10.1. The van der Waals surface area contributed by atoms with Gasteiger partial charge in [0.15, 0.2) is 0 Å². The molecule has 2 atom stereocenters. The molecule has 0 aromatic heterocycles. The van der Waals surface area contributed by atoms with Crippen LogP contribution in [0.3, 0.4) is 0 Å². The minimum atomic E-state index is -3.27. The van der Waals surface area contributed by atoms with Crippen LogP contribution in [0.25, 0.3) is 0 Å². The molecule has 1 aliphatic heterocycles. The minimum absolute atomic E-state index is 0.250. The van der Waals surface area contributed by atoms with Gasteiger partial charge in [-0.05, 0) is 37.5 Å². The highest BCUT2D eigenvalue weighted by molar-refractivity contribution is 7.54. The van der Waals surface area contributed by atoms with Gasteiger partial charge in [0.2, 0.25) is 0 Å². The monoisotopic (exact) mass is 451 g/mol. The number of alkyl halides is 2. The Kier molecular flexibility index (Phi) is 10.1. The molecule has 1 aliphatic rings. The summed E-state index contributed by atoms with van der Waals surface area (Å²) in [5.74, 6) is 0.564. The van der Waals surface area contributed by atoms with Crippen LogP contribution in [0.4, 0.5) is 5.69 Å². The van der Waals surface area contributed by atoms with Crippen LogP contribution in [0, 0.1) is 0 Å². The van der Waals surface area contributed by atoms with Gasteiger partial charge in [-0.25, -0.2) is 10.2 Å². The molecular weight excluding hydrogens is 424 g/mol. The summed E-state index contributed by atoms with van der Waals surface area (Å²) < 4.78 is 23.3. The number of hydrogen-bond donors (Lipinski definition) is 2. The van der Waals surface area contributed by atoms with E-state index in [4.69, 9.17) is 32.5 Å². The summed E-state index contributed by atoms with van der Waals surface area (Å²) in [5.41, 5.74) is 1.92. The third-order valence-corrected chi connectivity index (χ3v) is 6.44. The molecule has 2 rings (SSSR count). The van der Waals surface area contributed by atoms with E-state index in [0.29, 0.717) is 44.4 Å². The van der Waals surface area contributed by atoms with Crippen molar-refractivity contribution in [3.05, 3.63) is 29.8 Å². The molecule has 158 valence electrons. The summed E-state index contributed by atoms with van der Waals surface area (Å²) >= 11 is 11.7. The summed E-state index contributed by atoms with van der Waals surface area (Å²) in [6, 6.07) is 7.03. The van der Waals surface area contributed by atoms with Gasteiger partial charge in [-0.3, -0.25) is 9.36 Å². The lowest BCUT2D eigenvalue weighted by Crippen LogP contribution is -2.42. The first kappa shape index (κ1) is 23.5. The first-order valence-corrected chi connectivity index (χ1v) is 12.1. The van der Waals surface area contributed by atoms with Gasteiger partial charge >= 0.3 is 13.6 Å². The van der Waals surface area contributed by atoms with Crippen molar-refractivity contribution in [1.82, 2.24) is 10.2 Å². The normalized spacial score (nSPS) is 20.5. The molecule has 28 heavy (non-hydrogen) atoms. The maximum Gasteiger partial charge on any atom is 0.341 e. The molecule has 0 bridgehead atoms.